The van der Waals surface area contributed by atoms with Crippen LogP contribution in [0, 0.1) is 6.92 Å². The molecule has 2 rings (SSSR count). The highest BCUT2D eigenvalue weighted by Crippen LogP contribution is 2.24. The second-order valence-corrected chi connectivity index (χ2v) is 4.35. The van der Waals surface area contributed by atoms with E-state index in [1.165, 1.54) is 0 Å². The first-order valence-corrected chi connectivity index (χ1v) is 5.88. The van der Waals surface area contributed by atoms with Crippen molar-refractivity contribution in [2.24, 2.45) is 0 Å². The lowest BCUT2D eigenvalue weighted by Crippen LogP contribution is -1.93. The van der Waals surface area contributed by atoms with Crippen LogP contribution in [0.25, 0.3) is 0 Å². The lowest BCUT2D eigenvalue weighted by atomic mass is 10.2. The molecule has 0 aliphatic rings. The van der Waals surface area contributed by atoms with Crippen molar-refractivity contribution in [1.29, 1.82) is 0 Å². The van der Waals surface area contributed by atoms with Crippen LogP contribution in [0.4, 0.5) is 17.1 Å². The maximum atomic E-state index is 5.92. The molecule has 0 atom stereocenters. The van der Waals surface area contributed by atoms with Crippen molar-refractivity contribution in [3.8, 4) is 0 Å². The second-order valence-electron chi connectivity index (χ2n) is 3.91. The number of nitrogens with one attached hydrogen (secondary N) is 2. The van der Waals surface area contributed by atoms with Crippen LogP contribution in [-0.4, -0.2) is 7.05 Å². The molecule has 2 N–H and O–H groups in total. The standard InChI is InChI=1S/C14H15ClN2/c1-10-9-11(15)3-8-14(10)17-13-6-4-12(16-2)5-7-13/h3-9,16-17H,1-2H3. The van der Waals surface area contributed by atoms with E-state index in [0.717, 1.165) is 27.6 Å². The van der Waals surface area contributed by atoms with Gasteiger partial charge in [-0.05, 0) is 55.0 Å². The van der Waals surface area contributed by atoms with Crippen molar-refractivity contribution in [3.05, 3.63) is 53.1 Å². The molecule has 0 unspecified atom stereocenters. The fourth-order valence-corrected chi connectivity index (χ4v) is 1.87. The first-order valence-electron chi connectivity index (χ1n) is 5.50. The molecule has 0 aromatic heterocycles. The molecule has 0 saturated heterocycles. The van der Waals surface area contributed by atoms with Crippen molar-refractivity contribution in [3.63, 3.8) is 0 Å². The molecule has 2 nitrogen and oxygen atoms in total. The minimum absolute atomic E-state index is 0.763. The summed E-state index contributed by atoms with van der Waals surface area (Å²) in [5.41, 5.74) is 4.37. The van der Waals surface area contributed by atoms with Gasteiger partial charge in [0.1, 0.15) is 0 Å². The van der Waals surface area contributed by atoms with Crippen molar-refractivity contribution < 1.29 is 0 Å². The molecule has 17 heavy (non-hydrogen) atoms. The lowest BCUT2D eigenvalue weighted by Gasteiger charge is -2.10. The van der Waals surface area contributed by atoms with E-state index in [1.54, 1.807) is 0 Å². The molecule has 0 bridgehead atoms. The number of hydrogen-bond donors (Lipinski definition) is 2. The first kappa shape index (κ1) is 11.8. The predicted octanol–water partition coefficient (Wildman–Crippen LogP) is 4.43. The third-order valence-corrected chi connectivity index (χ3v) is 2.88. The molecule has 3 heteroatoms. The quantitative estimate of drug-likeness (QED) is 0.837. The van der Waals surface area contributed by atoms with E-state index >= 15 is 0 Å². The number of rotatable bonds is 3. The molecule has 0 aliphatic heterocycles. The zero-order valence-corrected chi connectivity index (χ0v) is 10.7. The van der Waals surface area contributed by atoms with E-state index in [9.17, 15) is 0 Å². The molecule has 2 aromatic carbocycles. The summed E-state index contributed by atoms with van der Waals surface area (Å²) >= 11 is 5.92. The molecule has 0 aliphatic carbocycles. The molecule has 0 radical (unpaired) electrons. The van der Waals surface area contributed by atoms with Crippen LogP contribution < -0.4 is 10.6 Å². The number of aryl methyl sites for hydroxylation is 1. The Morgan fingerprint density at radius 1 is 0.941 bits per heavy atom. The Kier molecular flexibility index (Phi) is 3.55. The van der Waals surface area contributed by atoms with Crippen molar-refractivity contribution in [1.82, 2.24) is 0 Å². The van der Waals surface area contributed by atoms with Gasteiger partial charge in [0.25, 0.3) is 0 Å². The minimum atomic E-state index is 0.763. The van der Waals surface area contributed by atoms with Crippen LogP contribution in [0.3, 0.4) is 0 Å². The van der Waals surface area contributed by atoms with Crippen LogP contribution in [0.1, 0.15) is 5.56 Å². The number of anilines is 3. The average Bonchev–Trinajstić information content (AvgIpc) is 2.34. The summed E-state index contributed by atoms with van der Waals surface area (Å²) < 4.78 is 0. The monoisotopic (exact) mass is 246 g/mol. The molecule has 0 amide bonds. The Hall–Kier alpha value is -1.67. The Labute approximate surface area is 107 Å². The van der Waals surface area contributed by atoms with Gasteiger partial charge < -0.3 is 10.6 Å². The number of hydrogen-bond acceptors (Lipinski definition) is 2. The third kappa shape index (κ3) is 2.92. The summed E-state index contributed by atoms with van der Waals surface area (Å²) in [6, 6.07) is 14.0. The normalized spacial score (nSPS) is 10.1. The summed E-state index contributed by atoms with van der Waals surface area (Å²) in [6.07, 6.45) is 0. The molecule has 0 heterocycles. The summed E-state index contributed by atoms with van der Waals surface area (Å²) in [5, 5.41) is 7.22. The van der Waals surface area contributed by atoms with E-state index in [4.69, 9.17) is 11.6 Å². The maximum absolute atomic E-state index is 5.92. The fourth-order valence-electron chi connectivity index (χ4n) is 1.64. The van der Waals surface area contributed by atoms with Crippen LogP contribution in [0.15, 0.2) is 42.5 Å². The van der Waals surface area contributed by atoms with Crippen molar-refractivity contribution >= 4 is 28.7 Å². The molecule has 2 aromatic rings. The van der Waals surface area contributed by atoms with E-state index < -0.39 is 0 Å². The average molecular weight is 247 g/mol. The lowest BCUT2D eigenvalue weighted by molar-refractivity contribution is 1.43. The highest BCUT2D eigenvalue weighted by molar-refractivity contribution is 6.30. The Bertz CT molecular complexity index is 506. The van der Waals surface area contributed by atoms with E-state index in [2.05, 4.69) is 10.6 Å². The SMILES string of the molecule is CNc1ccc(Nc2ccc(Cl)cc2C)cc1. The van der Waals surface area contributed by atoms with Gasteiger partial charge in [-0.3, -0.25) is 0 Å². The largest absolute Gasteiger partial charge is 0.388 e. The highest BCUT2D eigenvalue weighted by atomic mass is 35.5. The topological polar surface area (TPSA) is 24.1 Å². The van der Waals surface area contributed by atoms with Crippen LogP contribution in [-0.2, 0) is 0 Å². The Morgan fingerprint density at radius 3 is 2.18 bits per heavy atom. The molecular weight excluding hydrogens is 232 g/mol. The Balaban J connectivity index is 2.19. The summed E-state index contributed by atoms with van der Waals surface area (Å²) in [5.74, 6) is 0. The smallest absolute Gasteiger partial charge is 0.0414 e. The van der Waals surface area contributed by atoms with Crippen molar-refractivity contribution in [2.75, 3.05) is 17.7 Å². The summed E-state index contributed by atoms with van der Waals surface area (Å²) in [6.45, 7) is 2.04. The Morgan fingerprint density at radius 2 is 1.59 bits per heavy atom. The first-order chi connectivity index (χ1) is 8.19. The highest BCUT2D eigenvalue weighted by Gasteiger charge is 1.99. The van der Waals surface area contributed by atoms with Gasteiger partial charge in [0.15, 0.2) is 0 Å². The molecular formula is C14H15ClN2. The number of benzene rings is 2. The van der Waals surface area contributed by atoms with Crippen LogP contribution in [0.2, 0.25) is 5.02 Å². The maximum Gasteiger partial charge on any atom is 0.0414 e. The summed E-state index contributed by atoms with van der Waals surface area (Å²) in [4.78, 5) is 0. The minimum Gasteiger partial charge on any atom is -0.388 e. The van der Waals surface area contributed by atoms with Gasteiger partial charge >= 0.3 is 0 Å². The van der Waals surface area contributed by atoms with Gasteiger partial charge in [-0.25, -0.2) is 0 Å². The van der Waals surface area contributed by atoms with E-state index in [1.807, 2.05) is 56.4 Å². The molecule has 0 fully saturated rings. The molecule has 0 spiro atoms. The second kappa shape index (κ2) is 5.11. The van der Waals surface area contributed by atoms with Crippen LogP contribution in [0.5, 0.6) is 0 Å². The van der Waals surface area contributed by atoms with Gasteiger partial charge in [-0.1, -0.05) is 11.6 Å². The summed E-state index contributed by atoms with van der Waals surface area (Å²) in [7, 11) is 1.91. The zero-order chi connectivity index (χ0) is 12.3. The van der Waals surface area contributed by atoms with E-state index in [0.29, 0.717) is 0 Å². The molecule has 0 saturated carbocycles. The fraction of sp³-hybridized carbons (Fsp3) is 0.143. The predicted molar refractivity (Wildman–Crippen MR) is 75.5 cm³/mol. The van der Waals surface area contributed by atoms with Gasteiger partial charge in [0, 0.05) is 29.1 Å². The zero-order valence-electron chi connectivity index (χ0n) is 9.92. The van der Waals surface area contributed by atoms with Gasteiger partial charge in [-0.15, -0.1) is 0 Å². The van der Waals surface area contributed by atoms with Gasteiger partial charge in [0.05, 0.1) is 0 Å². The molecule has 88 valence electrons. The van der Waals surface area contributed by atoms with E-state index in [-0.39, 0.29) is 0 Å². The third-order valence-electron chi connectivity index (χ3n) is 2.64. The van der Waals surface area contributed by atoms with Gasteiger partial charge in [0.2, 0.25) is 0 Å². The van der Waals surface area contributed by atoms with Crippen molar-refractivity contribution in [2.45, 2.75) is 6.92 Å². The van der Waals surface area contributed by atoms with Crippen LogP contribution >= 0.6 is 11.6 Å². The number of halogens is 1. The van der Waals surface area contributed by atoms with Gasteiger partial charge in [-0.2, -0.15) is 0 Å².